The van der Waals surface area contributed by atoms with E-state index in [1.54, 1.807) is 39.7 Å². The molecule has 0 aliphatic carbocycles. The van der Waals surface area contributed by atoms with Gasteiger partial charge in [0, 0.05) is 19.1 Å². The smallest absolute Gasteiger partial charge is 0.416 e. The number of amides is 4. The number of hydrogen-bond acceptors (Lipinski definition) is 8. The lowest BCUT2D eigenvalue weighted by Gasteiger charge is -2.24. The molecule has 1 saturated heterocycles. The molecule has 0 radical (unpaired) electrons. The minimum atomic E-state index is -0.919. The van der Waals surface area contributed by atoms with Crippen molar-refractivity contribution in [1.82, 2.24) is 20.9 Å². The quantitative estimate of drug-likeness (QED) is 0.331. The summed E-state index contributed by atoms with van der Waals surface area (Å²) in [6.45, 7) is 5.71. The van der Waals surface area contributed by atoms with Crippen LogP contribution in [-0.4, -0.2) is 66.3 Å². The van der Waals surface area contributed by atoms with Crippen LogP contribution in [-0.2, 0) is 18.6 Å². The fraction of sp³-hybridized carbons (Fsp3) is 0.643. The number of likely N-dealkylation sites (tertiary alicyclic amines) is 1. The fourth-order valence-corrected chi connectivity index (χ4v) is 2.28. The van der Waals surface area contributed by atoms with Gasteiger partial charge in [0.05, 0.1) is 18.9 Å². The molecule has 3 N–H and O–H groups in total. The van der Waals surface area contributed by atoms with Gasteiger partial charge in [-0.15, -0.1) is 0 Å². The molecule has 1 rings (SSSR count). The number of ether oxygens (including phenoxy) is 1. The van der Waals surface area contributed by atoms with Crippen molar-refractivity contribution >= 4 is 49.1 Å². The van der Waals surface area contributed by atoms with Crippen LogP contribution in [0.15, 0.2) is 4.99 Å². The van der Waals surface area contributed by atoms with Gasteiger partial charge in [0.15, 0.2) is 0 Å². The maximum Gasteiger partial charge on any atom is 0.416 e. The number of hydrogen-bond donors (Lipinski definition) is 3. The van der Waals surface area contributed by atoms with Crippen LogP contribution in [0.5, 0.6) is 0 Å². The predicted octanol–water partition coefficient (Wildman–Crippen LogP) is 0.501. The first-order valence-electron chi connectivity index (χ1n) is 8.21. The van der Waals surface area contributed by atoms with Gasteiger partial charge in [0.2, 0.25) is 11.9 Å². The van der Waals surface area contributed by atoms with Crippen LogP contribution in [0.4, 0.5) is 14.4 Å². The van der Waals surface area contributed by atoms with Gasteiger partial charge in [-0.25, -0.2) is 19.4 Å². The second-order valence-electron chi connectivity index (χ2n) is 6.70. The van der Waals surface area contributed by atoms with Crippen molar-refractivity contribution < 1.29 is 33.0 Å². The van der Waals surface area contributed by atoms with Crippen molar-refractivity contribution in [2.75, 3.05) is 19.6 Å². The standard InChI is InChI=1S/C14H25N5O7P2/c1-14(2,3)24-13(23)19-5-4-8(7-19)16-9(20)6-15-10(17-11(21)25-27)18-12(22)26-28/h8H,4-7,27-28H2,1-3H3,(H,16,20)(H2,15,17,18,21,22)/t8-/m0/s1. The molecule has 1 fully saturated rings. The molecule has 12 nitrogen and oxygen atoms in total. The lowest BCUT2D eigenvalue weighted by molar-refractivity contribution is -0.120. The summed E-state index contributed by atoms with van der Waals surface area (Å²) in [5, 5.41) is 6.97. The number of carbonyl (C=O) groups is 4. The van der Waals surface area contributed by atoms with Gasteiger partial charge in [-0.3, -0.25) is 15.4 Å². The number of nitrogens with zero attached hydrogens (tertiary/aromatic N) is 2. The lowest BCUT2D eigenvalue weighted by atomic mass is 10.2. The van der Waals surface area contributed by atoms with E-state index in [0.29, 0.717) is 19.5 Å². The summed E-state index contributed by atoms with van der Waals surface area (Å²) in [5.41, 5.74) is -0.597. The molecule has 0 saturated carbocycles. The van der Waals surface area contributed by atoms with E-state index in [1.807, 2.05) is 0 Å². The Morgan fingerprint density at radius 1 is 1.11 bits per heavy atom. The fourth-order valence-electron chi connectivity index (χ4n) is 2.16. The van der Waals surface area contributed by atoms with Gasteiger partial charge in [-0.1, -0.05) is 0 Å². The second kappa shape index (κ2) is 11.0. The summed E-state index contributed by atoms with van der Waals surface area (Å²) in [6, 6.07) is -0.256. The van der Waals surface area contributed by atoms with Crippen molar-refractivity contribution in [2.24, 2.45) is 4.99 Å². The average Bonchev–Trinajstić information content (AvgIpc) is 3.06. The van der Waals surface area contributed by atoms with Crippen molar-refractivity contribution in [3.63, 3.8) is 0 Å². The van der Waals surface area contributed by atoms with Gasteiger partial charge >= 0.3 is 18.3 Å². The molecule has 4 amide bonds. The highest BCUT2D eigenvalue weighted by Crippen LogP contribution is 2.15. The number of nitrogens with one attached hydrogen (secondary N) is 3. The normalized spacial score (nSPS) is 15.9. The van der Waals surface area contributed by atoms with Crippen LogP contribution in [0.1, 0.15) is 27.2 Å². The van der Waals surface area contributed by atoms with Crippen LogP contribution >= 0.6 is 18.9 Å². The number of rotatable bonds is 3. The maximum absolute atomic E-state index is 12.1. The molecule has 0 aromatic heterocycles. The third kappa shape index (κ3) is 9.14. The summed E-state index contributed by atoms with van der Waals surface area (Å²) in [6.07, 6.45) is -1.71. The Labute approximate surface area is 167 Å². The summed E-state index contributed by atoms with van der Waals surface area (Å²) >= 11 is 0. The summed E-state index contributed by atoms with van der Waals surface area (Å²) in [5.74, 6) is -0.785. The average molecular weight is 437 g/mol. The predicted molar refractivity (Wildman–Crippen MR) is 105 cm³/mol. The zero-order valence-electron chi connectivity index (χ0n) is 15.8. The van der Waals surface area contributed by atoms with Gasteiger partial charge in [-0.05, 0) is 27.2 Å². The second-order valence-corrected chi connectivity index (χ2v) is 7.18. The number of carbonyl (C=O) groups excluding carboxylic acids is 4. The molecule has 28 heavy (non-hydrogen) atoms. The van der Waals surface area contributed by atoms with Gasteiger partial charge in [0.25, 0.3) is 0 Å². The summed E-state index contributed by atoms with van der Waals surface area (Å²) in [7, 11) is 3.44. The van der Waals surface area contributed by atoms with E-state index < -0.39 is 29.8 Å². The van der Waals surface area contributed by atoms with E-state index in [1.165, 1.54) is 4.90 Å². The van der Waals surface area contributed by atoms with Gasteiger partial charge in [-0.2, -0.15) is 0 Å². The first-order valence-corrected chi connectivity index (χ1v) is 9.15. The minimum absolute atomic E-state index is 0.256. The Kier molecular flexibility index (Phi) is 9.34. The van der Waals surface area contributed by atoms with Crippen molar-refractivity contribution in [3.8, 4) is 0 Å². The van der Waals surface area contributed by atoms with Crippen LogP contribution in [0.3, 0.4) is 0 Å². The molecule has 1 aliphatic rings. The maximum atomic E-state index is 12.1. The number of aliphatic imine (C=N–C) groups is 1. The first kappa shape index (κ1) is 23.8. The highest BCUT2D eigenvalue weighted by atomic mass is 31.0. The lowest BCUT2D eigenvalue weighted by Crippen LogP contribution is -2.44. The molecule has 2 unspecified atom stereocenters. The molecule has 158 valence electrons. The summed E-state index contributed by atoms with van der Waals surface area (Å²) in [4.78, 5) is 51.9. The summed E-state index contributed by atoms with van der Waals surface area (Å²) < 4.78 is 13.9. The van der Waals surface area contributed by atoms with Crippen LogP contribution in [0.25, 0.3) is 0 Å². The number of guanidine groups is 1. The van der Waals surface area contributed by atoms with Gasteiger partial charge < -0.3 is 24.0 Å². The highest BCUT2D eigenvalue weighted by Gasteiger charge is 2.30. The van der Waals surface area contributed by atoms with E-state index >= 15 is 0 Å². The minimum Gasteiger partial charge on any atom is -0.444 e. The van der Waals surface area contributed by atoms with E-state index in [0.717, 1.165) is 0 Å². The monoisotopic (exact) mass is 437 g/mol. The van der Waals surface area contributed by atoms with Crippen molar-refractivity contribution in [2.45, 2.75) is 38.8 Å². The molecular formula is C14H25N5O7P2. The van der Waals surface area contributed by atoms with Crippen LogP contribution in [0, 0.1) is 0 Å². The van der Waals surface area contributed by atoms with E-state index in [4.69, 9.17) is 4.74 Å². The van der Waals surface area contributed by atoms with E-state index in [9.17, 15) is 19.2 Å². The Morgan fingerprint density at radius 2 is 1.68 bits per heavy atom. The van der Waals surface area contributed by atoms with Crippen molar-refractivity contribution in [3.05, 3.63) is 0 Å². The SMILES string of the molecule is CC(C)(C)OC(=O)N1CC[C@H](NC(=O)CN=C(NC(=O)OP)NC(=O)OP)C1. The first-order chi connectivity index (χ1) is 13.0. The third-order valence-electron chi connectivity index (χ3n) is 3.24. The van der Waals surface area contributed by atoms with Gasteiger partial charge in [0.1, 0.15) is 12.1 Å². The zero-order chi connectivity index (χ0) is 21.3. The Morgan fingerprint density at radius 3 is 2.18 bits per heavy atom. The molecule has 0 bridgehead atoms. The van der Waals surface area contributed by atoms with Crippen molar-refractivity contribution in [1.29, 1.82) is 0 Å². The molecule has 1 heterocycles. The van der Waals surface area contributed by atoms with Crippen LogP contribution in [0.2, 0.25) is 0 Å². The Balaban J connectivity index is 2.55. The molecule has 1 aliphatic heterocycles. The molecule has 0 aromatic carbocycles. The molecule has 14 heteroatoms. The molecular weight excluding hydrogens is 412 g/mol. The highest BCUT2D eigenvalue weighted by molar-refractivity contribution is 7.11. The van der Waals surface area contributed by atoms with Crippen LogP contribution < -0.4 is 16.0 Å². The largest absolute Gasteiger partial charge is 0.444 e. The topological polar surface area (TPSA) is 148 Å². The Hall–Kier alpha value is -2.19. The molecule has 3 atom stereocenters. The van der Waals surface area contributed by atoms with E-state index in [2.05, 4.69) is 30.0 Å². The Bertz CT molecular complexity index is 618. The molecule has 0 aromatic rings. The van der Waals surface area contributed by atoms with E-state index in [-0.39, 0.29) is 18.5 Å². The molecule has 0 spiro atoms. The zero-order valence-corrected chi connectivity index (χ0v) is 18.1. The third-order valence-corrected chi connectivity index (χ3v) is 3.67.